The average molecular weight is 269 g/mol. The lowest BCUT2D eigenvalue weighted by Gasteiger charge is -2.21. The Bertz CT molecular complexity index is 663. The fourth-order valence-electron chi connectivity index (χ4n) is 3.47. The van der Waals surface area contributed by atoms with E-state index in [-0.39, 0.29) is 10.8 Å². The van der Waals surface area contributed by atoms with Crippen LogP contribution >= 0.6 is 0 Å². The van der Waals surface area contributed by atoms with Crippen LogP contribution in [-0.4, -0.2) is 10.2 Å². The SMILES string of the molecule is CC1(C)CC(C)(C)c2c1nnc(-c1ccccc1)[n+]2[O-]. The van der Waals surface area contributed by atoms with Gasteiger partial charge < -0.3 is 5.21 Å². The summed E-state index contributed by atoms with van der Waals surface area (Å²) in [5.74, 6) is 0.384. The summed E-state index contributed by atoms with van der Waals surface area (Å²) in [6.45, 7) is 8.45. The molecule has 1 aromatic carbocycles. The van der Waals surface area contributed by atoms with Crippen molar-refractivity contribution in [3.05, 3.63) is 46.9 Å². The number of hydrogen-bond donors (Lipinski definition) is 0. The van der Waals surface area contributed by atoms with Gasteiger partial charge in [-0.25, -0.2) is 4.73 Å². The van der Waals surface area contributed by atoms with Gasteiger partial charge in [-0.15, -0.1) is 0 Å². The maximum Gasteiger partial charge on any atom is 0.361 e. The summed E-state index contributed by atoms with van der Waals surface area (Å²) in [5, 5.41) is 21.3. The van der Waals surface area contributed by atoms with Gasteiger partial charge in [0.15, 0.2) is 0 Å². The smallest absolute Gasteiger partial charge is 0.361 e. The van der Waals surface area contributed by atoms with E-state index in [9.17, 15) is 5.21 Å². The Hall–Kier alpha value is -1.97. The first-order valence-electron chi connectivity index (χ1n) is 6.89. The van der Waals surface area contributed by atoms with Crippen molar-refractivity contribution >= 4 is 0 Å². The molecule has 0 unspecified atom stereocenters. The number of fused-ring (bicyclic) bond motifs is 1. The molecule has 0 saturated carbocycles. The number of rotatable bonds is 1. The van der Waals surface area contributed by atoms with Gasteiger partial charge in [-0.2, -0.15) is 0 Å². The third-order valence-corrected chi connectivity index (χ3v) is 4.06. The van der Waals surface area contributed by atoms with Gasteiger partial charge in [0.2, 0.25) is 0 Å². The van der Waals surface area contributed by atoms with Crippen molar-refractivity contribution < 1.29 is 4.73 Å². The molecule has 2 aromatic rings. The summed E-state index contributed by atoms with van der Waals surface area (Å²) in [7, 11) is 0. The Morgan fingerprint density at radius 2 is 1.65 bits per heavy atom. The van der Waals surface area contributed by atoms with Crippen LogP contribution in [0.15, 0.2) is 30.3 Å². The minimum Gasteiger partial charge on any atom is -0.710 e. The molecular weight excluding hydrogens is 250 g/mol. The molecule has 0 saturated heterocycles. The summed E-state index contributed by atoms with van der Waals surface area (Å²) in [6, 6.07) is 9.50. The molecule has 1 aromatic heterocycles. The first-order chi connectivity index (χ1) is 9.33. The normalized spacial score (nSPS) is 18.8. The molecule has 3 rings (SSSR count). The monoisotopic (exact) mass is 269 g/mol. The summed E-state index contributed by atoms with van der Waals surface area (Å²) in [5.41, 5.74) is 2.11. The Morgan fingerprint density at radius 1 is 1.00 bits per heavy atom. The molecule has 0 spiro atoms. The fraction of sp³-hybridized carbons (Fsp3) is 0.438. The summed E-state index contributed by atoms with van der Waals surface area (Å²) in [6.07, 6.45) is 0.907. The van der Waals surface area contributed by atoms with Crippen LogP contribution in [0, 0.1) is 5.21 Å². The number of nitrogens with zero attached hydrogens (tertiary/aromatic N) is 3. The average Bonchev–Trinajstić information content (AvgIpc) is 2.56. The van der Waals surface area contributed by atoms with E-state index < -0.39 is 0 Å². The number of aromatic nitrogens is 3. The van der Waals surface area contributed by atoms with Crippen molar-refractivity contribution in [2.45, 2.75) is 44.9 Å². The molecule has 0 radical (unpaired) electrons. The van der Waals surface area contributed by atoms with Gasteiger partial charge in [-0.05, 0) is 23.7 Å². The molecule has 1 aliphatic rings. The molecule has 1 heterocycles. The second-order valence-electron chi connectivity index (χ2n) is 6.83. The third-order valence-electron chi connectivity index (χ3n) is 4.06. The van der Waals surface area contributed by atoms with Crippen molar-refractivity contribution in [2.24, 2.45) is 0 Å². The zero-order valence-corrected chi connectivity index (χ0v) is 12.3. The topological polar surface area (TPSA) is 52.7 Å². The predicted molar refractivity (Wildman–Crippen MR) is 77.1 cm³/mol. The van der Waals surface area contributed by atoms with Gasteiger partial charge in [-0.1, -0.05) is 45.9 Å². The van der Waals surface area contributed by atoms with Crippen LogP contribution < -0.4 is 4.73 Å². The number of hydrogen-bond acceptors (Lipinski definition) is 3. The highest BCUT2D eigenvalue weighted by Gasteiger charge is 2.48. The van der Waals surface area contributed by atoms with Crippen molar-refractivity contribution in [3.63, 3.8) is 0 Å². The van der Waals surface area contributed by atoms with Crippen LogP contribution in [0.1, 0.15) is 45.5 Å². The highest BCUT2D eigenvalue weighted by Crippen LogP contribution is 2.46. The van der Waals surface area contributed by atoms with E-state index in [1.54, 1.807) is 0 Å². The first-order valence-corrected chi connectivity index (χ1v) is 6.89. The summed E-state index contributed by atoms with van der Waals surface area (Å²) < 4.78 is 0.979. The molecular formula is C16H19N3O. The summed E-state index contributed by atoms with van der Waals surface area (Å²) in [4.78, 5) is 0. The van der Waals surface area contributed by atoms with Gasteiger partial charge in [0.25, 0.3) is 0 Å². The molecule has 0 fully saturated rings. The van der Waals surface area contributed by atoms with Crippen molar-refractivity contribution in [1.29, 1.82) is 0 Å². The Kier molecular flexibility index (Phi) is 2.61. The Balaban J connectivity index is 2.26. The van der Waals surface area contributed by atoms with Crippen LogP contribution in [0.4, 0.5) is 0 Å². The Morgan fingerprint density at radius 3 is 2.30 bits per heavy atom. The second-order valence-corrected chi connectivity index (χ2v) is 6.83. The van der Waals surface area contributed by atoms with Crippen LogP contribution in [0.5, 0.6) is 0 Å². The first kappa shape index (κ1) is 13.0. The third kappa shape index (κ3) is 1.79. The van der Waals surface area contributed by atoms with E-state index in [1.807, 2.05) is 30.3 Å². The fourth-order valence-corrected chi connectivity index (χ4v) is 3.47. The van der Waals surface area contributed by atoms with Crippen LogP contribution in [0.2, 0.25) is 0 Å². The standard InChI is InChI=1S/C16H19N3O/c1-15(2)10-16(3,4)13-12(15)17-18-14(19(13)20)11-8-6-5-7-9-11/h5-9H,10H2,1-4H3. The molecule has 0 aliphatic heterocycles. The molecule has 1 aliphatic carbocycles. The van der Waals surface area contributed by atoms with Gasteiger partial charge in [0.05, 0.1) is 10.7 Å². The molecule has 104 valence electrons. The van der Waals surface area contributed by atoms with Crippen LogP contribution in [-0.2, 0) is 10.8 Å². The maximum atomic E-state index is 12.8. The molecule has 20 heavy (non-hydrogen) atoms. The molecule has 0 atom stereocenters. The van der Waals surface area contributed by atoms with Gasteiger partial charge in [-0.3, -0.25) is 0 Å². The van der Waals surface area contributed by atoms with E-state index in [0.717, 1.165) is 28.1 Å². The quantitative estimate of drug-likeness (QED) is 0.591. The number of benzene rings is 1. The van der Waals surface area contributed by atoms with Crippen molar-refractivity contribution in [2.75, 3.05) is 0 Å². The lowest BCUT2D eigenvalue weighted by Crippen LogP contribution is -2.41. The van der Waals surface area contributed by atoms with E-state index >= 15 is 0 Å². The lowest BCUT2D eigenvalue weighted by atomic mass is 9.83. The lowest BCUT2D eigenvalue weighted by molar-refractivity contribution is -0.610. The van der Waals surface area contributed by atoms with E-state index in [4.69, 9.17) is 0 Å². The van der Waals surface area contributed by atoms with Gasteiger partial charge >= 0.3 is 5.82 Å². The molecule has 4 heteroatoms. The predicted octanol–water partition coefficient (Wildman–Crippen LogP) is 2.74. The summed E-state index contributed by atoms with van der Waals surface area (Å²) >= 11 is 0. The van der Waals surface area contributed by atoms with E-state index in [1.165, 1.54) is 0 Å². The molecule has 0 bridgehead atoms. The van der Waals surface area contributed by atoms with Gasteiger partial charge in [0.1, 0.15) is 11.4 Å². The minimum atomic E-state index is -0.181. The zero-order chi connectivity index (χ0) is 14.5. The van der Waals surface area contributed by atoms with Crippen molar-refractivity contribution in [1.82, 2.24) is 10.2 Å². The van der Waals surface area contributed by atoms with Gasteiger partial charge in [0, 0.05) is 10.8 Å². The highest BCUT2D eigenvalue weighted by molar-refractivity contribution is 5.51. The molecule has 0 N–H and O–H groups in total. The molecule has 4 nitrogen and oxygen atoms in total. The largest absolute Gasteiger partial charge is 0.710 e. The van der Waals surface area contributed by atoms with E-state index in [2.05, 4.69) is 37.9 Å². The van der Waals surface area contributed by atoms with Crippen LogP contribution in [0.25, 0.3) is 11.4 Å². The highest BCUT2D eigenvalue weighted by atomic mass is 16.5. The minimum absolute atomic E-state index is 0.104. The Labute approximate surface area is 119 Å². The maximum absolute atomic E-state index is 12.8. The van der Waals surface area contributed by atoms with E-state index in [0.29, 0.717) is 5.82 Å². The van der Waals surface area contributed by atoms with Crippen LogP contribution in [0.3, 0.4) is 0 Å². The molecule has 0 amide bonds. The zero-order valence-electron chi connectivity index (χ0n) is 12.3. The second kappa shape index (κ2) is 4.01. The van der Waals surface area contributed by atoms with Crippen molar-refractivity contribution in [3.8, 4) is 11.4 Å².